The summed E-state index contributed by atoms with van der Waals surface area (Å²) in [5, 5.41) is 2.27. The van der Waals surface area contributed by atoms with Gasteiger partial charge < -0.3 is 8.98 Å². The molecule has 0 fully saturated rings. The van der Waals surface area contributed by atoms with Crippen molar-refractivity contribution >= 4 is 21.9 Å². The molecule has 0 aliphatic carbocycles. The van der Waals surface area contributed by atoms with Gasteiger partial charge in [0.15, 0.2) is 0 Å². The summed E-state index contributed by atoms with van der Waals surface area (Å²) in [5.41, 5.74) is 2.91. The van der Waals surface area contributed by atoms with Crippen LogP contribution in [0.15, 0.2) is 65.6 Å². The molecule has 4 rings (SSSR count). The average Bonchev–Trinajstić information content (AvgIpc) is 3.05. The molecule has 3 heteroatoms. The van der Waals surface area contributed by atoms with Gasteiger partial charge in [0, 0.05) is 17.8 Å². The van der Waals surface area contributed by atoms with Gasteiger partial charge >= 0.3 is 0 Å². The summed E-state index contributed by atoms with van der Waals surface area (Å²) < 4.78 is 7.86. The molecule has 0 saturated heterocycles. The minimum atomic E-state index is 0.905. The number of fused-ring (bicyclic) bond motifs is 3. The van der Waals surface area contributed by atoms with Crippen molar-refractivity contribution in [2.45, 2.75) is 0 Å². The summed E-state index contributed by atoms with van der Waals surface area (Å²) >= 11 is 0. The summed E-state index contributed by atoms with van der Waals surface area (Å²) in [6.07, 6.45) is 5.52. The quantitative estimate of drug-likeness (QED) is 0.502. The molecule has 0 radical (unpaired) electrons. The maximum absolute atomic E-state index is 5.86. The Balaban J connectivity index is 2.21. The van der Waals surface area contributed by atoms with Gasteiger partial charge in [0.25, 0.3) is 0 Å². The van der Waals surface area contributed by atoms with Crippen LogP contribution in [0.3, 0.4) is 0 Å². The van der Waals surface area contributed by atoms with Crippen LogP contribution in [0.5, 0.6) is 0 Å². The molecule has 0 unspecified atom stereocenters. The van der Waals surface area contributed by atoms with Crippen LogP contribution in [-0.4, -0.2) is 9.55 Å². The first-order chi connectivity index (χ1) is 8.93. The van der Waals surface area contributed by atoms with Crippen molar-refractivity contribution in [2.24, 2.45) is 0 Å². The van der Waals surface area contributed by atoms with Crippen LogP contribution in [0.4, 0.5) is 0 Å². The third kappa shape index (κ3) is 1.21. The number of hydrogen-bond acceptors (Lipinski definition) is 2. The summed E-state index contributed by atoms with van der Waals surface area (Å²) in [6, 6.07) is 14.2. The molecule has 86 valence electrons. The highest BCUT2D eigenvalue weighted by molar-refractivity contribution is 6.09. The molecule has 2 aromatic carbocycles. The van der Waals surface area contributed by atoms with Crippen molar-refractivity contribution in [3.05, 3.63) is 61.2 Å². The Morgan fingerprint density at radius 3 is 2.72 bits per heavy atom. The fourth-order valence-electron chi connectivity index (χ4n) is 2.37. The summed E-state index contributed by atoms with van der Waals surface area (Å²) in [7, 11) is 0. The fraction of sp³-hybridized carbons (Fsp3) is 0. The lowest BCUT2D eigenvalue weighted by Gasteiger charge is -2.03. The van der Waals surface area contributed by atoms with E-state index in [0.717, 1.165) is 27.6 Å². The van der Waals surface area contributed by atoms with Gasteiger partial charge in [0.1, 0.15) is 11.2 Å². The molecule has 0 bridgehead atoms. The van der Waals surface area contributed by atoms with Crippen molar-refractivity contribution in [1.29, 1.82) is 0 Å². The topological polar surface area (TPSA) is 31.0 Å². The van der Waals surface area contributed by atoms with Crippen LogP contribution < -0.4 is 0 Å². The number of aromatic nitrogens is 2. The predicted molar refractivity (Wildman–Crippen MR) is 70.8 cm³/mol. The number of rotatable bonds is 1. The lowest BCUT2D eigenvalue weighted by molar-refractivity contribution is 0.669. The van der Waals surface area contributed by atoms with E-state index in [-0.39, 0.29) is 0 Å². The van der Waals surface area contributed by atoms with Gasteiger partial charge in [0.05, 0.1) is 17.4 Å². The highest BCUT2D eigenvalue weighted by atomic mass is 16.3. The van der Waals surface area contributed by atoms with Crippen LogP contribution >= 0.6 is 0 Å². The lowest BCUT2D eigenvalue weighted by atomic mass is 10.1. The molecule has 0 amide bonds. The average molecular weight is 234 g/mol. The van der Waals surface area contributed by atoms with Gasteiger partial charge in [-0.1, -0.05) is 24.3 Å². The summed E-state index contributed by atoms with van der Waals surface area (Å²) in [4.78, 5) is 4.10. The zero-order chi connectivity index (χ0) is 11.9. The number of nitrogens with zero attached hydrogens (tertiary/aromatic N) is 2. The first kappa shape index (κ1) is 9.48. The van der Waals surface area contributed by atoms with Crippen LogP contribution in [0.1, 0.15) is 0 Å². The second kappa shape index (κ2) is 3.47. The second-order valence-electron chi connectivity index (χ2n) is 4.22. The molecule has 2 heterocycles. The summed E-state index contributed by atoms with van der Waals surface area (Å²) in [5.74, 6) is 0. The van der Waals surface area contributed by atoms with Crippen molar-refractivity contribution in [3.8, 4) is 5.69 Å². The van der Waals surface area contributed by atoms with Crippen LogP contribution in [0.2, 0.25) is 0 Å². The lowest BCUT2D eigenvalue weighted by Crippen LogP contribution is -1.89. The third-order valence-corrected chi connectivity index (χ3v) is 3.16. The van der Waals surface area contributed by atoms with E-state index in [1.165, 1.54) is 0 Å². The molecule has 0 saturated carbocycles. The van der Waals surface area contributed by atoms with E-state index in [0.29, 0.717) is 0 Å². The largest absolute Gasteiger partial charge is 0.456 e. The standard InChI is InChI=1S/C15H10N2O/c1-2-6-13-11(4-1)15-12(17-9-8-16-10-17)5-3-7-14(15)18-13/h1-10H. The Kier molecular flexibility index (Phi) is 1.83. The minimum absolute atomic E-state index is 0.905. The van der Waals surface area contributed by atoms with Gasteiger partial charge in [-0.15, -0.1) is 0 Å². The van der Waals surface area contributed by atoms with E-state index in [9.17, 15) is 0 Å². The molecule has 0 atom stereocenters. The Morgan fingerprint density at radius 1 is 0.944 bits per heavy atom. The number of para-hydroxylation sites is 1. The molecule has 0 N–H and O–H groups in total. The first-order valence-electron chi connectivity index (χ1n) is 5.82. The monoisotopic (exact) mass is 234 g/mol. The normalized spacial score (nSPS) is 11.3. The van der Waals surface area contributed by atoms with Gasteiger partial charge in [0.2, 0.25) is 0 Å². The minimum Gasteiger partial charge on any atom is -0.456 e. The highest BCUT2D eigenvalue weighted by Crippen LogP contribution is 2.32. The smallest absolute Gasteiger partial charge is 0.137 e. The molecular weight excluding hydrogens is 224 g/mol. The Labute approximate surface area is 103 Å². The number of furan rings is 1. The molecule has 4 aromatic rings. The molecular formula is C15H10N2O. The van der Waals surface area contributed by atoms with Crippen LogP contribution in [0, 0.1) is 0 Å². The fourth-order valence-corrected chi connectivity index (χ4v) is 2.37. The maximum atomic E-state index is 5.86. The van der Waals surface area contributed by atoms with Crippen molar-refractivity contribution in [1.82, 2.24) is 9.55 Å². The Morgan fingerprint density at radius 2 is 1.83 bits per heavy atom. The maximum Gasteiger partial charge on any atom is 0.137 e. The first-order valence-corrected chi connectivity index (χ1v) is 5.82. The van der Waals surface area contributed by atoms with E-state index in [2.05, 4.69) is 17.1 Å². The van der Waals surface area contributed by atoms with E-state index in [1.54, 1.807) is 12.5 Å². The van der Waals surface area contributed by atoms with E-state index in [4.69, 9.17) is 4.42 Å². The second-order valence-corrected chi connectivity index (χ2v) is 4.22. The zero-order valence-corrected chi connectivity index (χ0v) is 9.58. The molecule has 0 aliphatic heterocycles. The van der Waals surface area contributed by atoms with Gasteiger partial charge in [-0.05, 0) is 18.2 Å². The predicted octanol–water partition coefficient (Wildman–Crippen LogP) is 3.77. The number of hydrogen-bond donors (Lipinski definition) is 0. The SMILES string of the molecule is c1ccc2c(c1)oc1cccc(-n3ccnc3)c12. The van der Waals surface area contributed by atoms with E-state index in [1.807, 2.05) is 41.1 Å². The van der Waals surface area contributed by atoms with Crippen molar-refractivity contribution < 1.29 is 4.42 Å². The molecule has 0 aliphatic rings. The van der Waals surface area contributed by atoms with Crippen molar-refractivity contribution in [3.63, 3.8) is 0 Å². The molecule has 0 spiro atoms. The van der Waals surface area contributed by atoms with Gasteiger partial charge in [-0.3, -0.25) is 0 Å². The van der Waals surface area contributed by atoms with Crippen LogP contribution in [0.25, 0.3) is 27.6 Å². The van der Waals surface area contributed by atoms with Crippen LogP contribution in [-0.2, 0) is 0 Å². The van der Waals surface area contributed by atoms with Crippen molar-refractivity contribution in [2.75, 3.05) is 0 Å². The van der Waals surface area contributed by atoms with E-state index < -0.39 is 0 Å². The van der Waals surface area contributed by atoms with E-state index >= 15 is 0 Å². The Hall–Kier alpha value is -2.55. The molecule has 18 heavy (non-hydrogen) atoms. The molecule has 3 nitrogen and oxygen atoms in total. The van der Waals surface area contributed by atoms with Gasteiger partial charge in [-0.2, -0.15) is 0 Å². The van der Waals surface area contributed by atoms with Gasteiger partial charge in [-0.25, -0.2) is 4.98 Å². The Bertz CT molecular complexity index is 828. The zero-order valence-electron chi connectivity index (χ0n) is 9.58. The summed E-state index contributed by atoms with van der Waals surface area (Å²) in [6.45, 7) is 0. The molecule has 2 aromatic heterocycles. The third-order valence-electron chi connectivity index (χ3n) is 3.16. The number of imidazole rings is 1. The highest BCUT2D eigenvalue weighted by Gasteiger charge is 2.10. The number of benzene rings is 2.